The van der Waals surface area contributed by atoms with Crippen LogP contribution < -0.4 is 5.32 Å². The van der Waals surface area contributed by atoms with Gasteiger partial charge < -0.3 is 10.2 Å². The molecule has 3 rings (SSSR count). The molecule has 0 radical (unpaired) electrons. The number of rotatable bonds is 5. The molecule has 4 nitrogen and oxygen atoms in total. The fraction of sp³-hybridized carbons (Fsp3) is 0.391. The zero-order valence-electron chi connectivity index (χ0n) is 16.2. The van der Waals surface area contributed by atoms with Crippen LogP contribution in [0, 0.1) is 5.41 Å². The molecular weight excluding hydrogens is 336 g/mol. The van der Waals surface area contributed by atoms with E-state index in [0.29, 0.717) is 19.4 Å². The summed E-state index contributed by atoms with van der Waals surface area (Å²) in [6.45, 7) is 3.12. The summed E-state index contributed by atoms with van der Waals surface area (Å²) in [5.41, 5.74) is 2.88. The number of amides is 2. The van der Waals surface area contributed by atoms with E-state index in [0.717, 1.165) is 30.5 Å². The van der Waals surface area contributed by atoms with E-state index in [2.05, 4.69) is 35.6 Å². The number of nitrogens with zero attached hydrogens (tertiary/aromatic N) is 1. The van der Waals surface area contributed by atoms with Gasteiger partial charge in [0.15, 0.2) is 0 Å². The van der Waals surface area contributed by atoms with E-state index < -0.39 is 5.41 Å². The van der Waals surface area contributed by atoms with Crippen molar-refractivity contribution in [3.05, 3.63) is 60.2 Å². The molecule has 0 bridgehead atoms. The van der Waals surface area contributed by atoms with Crippen molar-refractivity contribution in [3.63, 3.8) is 0 Å². The quantitative estimate of drug-likeness (QED) is 0.880. The third-order valence-corrected chi connectivity index (χ3v) is 5.52. The van der Waals surface area contributed by atoms with Gasteiger partial charge in [-0.05, 0) is 36.0 Å². The Hall–Kier alpha value is -2.62. The molecule has 1 unspecified atom stereocenters. The van der Waals surface area contributed by atoms with Crippen molar-refractivity contribution in [2.75, 3.05) is 20.1 Å². The van der Waals surface area contributed by atoms with Crippen molar-refractivity contribution in [3.8, 4) is 11.1 Å². The van der Waals surface area contributed by atoms with Crippen LogP contribution in [0.2, 0.25) is 0 Å². The second kappa shape index (κ2) is 8.38. The predicted molar refractivity (Wildman–Crippen MR) is 108 cm³/mol. The van der Waals surface area contributed by atoms with Gasteiger partial charge in [0.05, 0.1) is 5.41 Å². The van der Waals surface area contributed by atoms with Gasteiger partial charge in [-0.3, -0.25) is 9.59 Å². The minimum atomic E-state index is -0.562. The van der Waals surface area contributed by atoms with E-state index in [9.17, 15) is 9.59 Å². The lowest BCUT2D eigenvalue weighted by molar-refractivity contribution is -0.141. The molecule has 0 aromatic heterocycles. The SMILES string of the molecule is CCC(=O)N1CCCC(Cc2cccc(-c3ccccc3)c2)(C(=O)NC)C1. The zero-order chi connectivity index (χ0) is 19.3. The molecule has 1 atom stereocenters. The zero-order valence-corrected chi connectivity index (χ0v) is 16.2. The van der Waals surface area contributed by atoms with Crippen LogP contribution in [0.4, 0.5) is 0 Å². The first-order valence-electron chi connectivity index (χ1n) is 9.72. The van der Waals surface area contributed by atoms with Crippen molar-refractivity contribution in [2.24, 2.45) is 5.41 Å². The number of benzene rings is 2. The van der Waals surface area contributed by atoms with E-state index in [1.54, 1.807) is 7.05 Å². The first-order valence-corrected chi connectivity index (χ1v) is 9.72. The lowest BCUT2D eigenvalue weighted by Crippen LogP contribution is -2.53. The number of carbonyl (C=O) groups is 2. The van der Waals surface area contributed by atoms with Crippen LogP contribution in [0.5, 0.6) is 0 Å². The van der Waals surface area contributed by atoms with Crippen molar-refractivity contribution in [1.29, 1.82) is 0 Å². The minimum Gasteiger partial charge on any atom is -0.359 e. The Kier molecular flexibility index (Phi) is 5.94. The fourth-order valence-electron chi connectivity index (χ4n) is 4.13. The van der Waals surface area contributed by atoms with Gasteiger partial charge in [-0.15, -0.1) is 0 Å². The highest BCUT2D eigenvalue weighted by atomic mass is 16.2. The fourth-order valence-corrected chi connectivity index (χ4v) is 4.13. The van der Waals surface area contributed by atoms with Crippen molar-refractivity contribution in [2.45, 2.75) is 32.6 Å². The first kappa shape index (κ1) is 19.2. The van der Waals surface area contributed by atoms with Gasteiger partial charge in [0.1, 0.15) is 0 Å². The molecule has 27 heavy (non-hydrogen) atoms. The Morgan fingerprint density at radius 1 is 1.07 bits per heavy atom. The number of likely N-dealkylation sites (tertiary alicyclic amines) is 1. The van der Waals surface area contributed by atoms with Gasteiger partial charge in [-0.2, -0.15) is 0 Å². The molecule has 0 spiro atoms. The topological polar surface area (TPSA) is 49.4 Å². The van der Waals surface area contributed by atoms with Crippen LogP contribution in [0.3, 0.4) is 0 Å². The standard InChI is InChI=1S/C23H28N2O2/c1-3-21(26)25-14-8-13-23(17-25,22(27)24-2)16-18-9-7-12-20(15-18)19-10-5-4-6-11-19/h4-7,9-12,15H,3,8,13-14,16-17H2,1-2H3,(H,24,27). The Bertz CT molecular complexity index is 803. The number of hydrogen-bond acceptors (Lipinski definition) is 2. The summed E-state index contributed by atoms with van der Waals surface area (Å²) in [4.78, 5) is 27.0. The number of carbonyl (C=O) groups excluding carboxylic acids is 2. The maximum atomic E-state index is 12.9. The van der Waals surface area contributed by atoms with Gasteiger partial charge in [0, 0.05) is 26.6 Å². The summed E-state index contributed by atoms with van der Waals surface area (Å²) in [6, 6.07) is 18.7. The van der Waals surface area contributed by atoms with E-state index in [1.807, 2.05) is 36.1 Å². The largest absolute Gasteiger partial charge is 0.359 e. The van der Waals surface area contributed by atoms with Gasteiger partial charge in [-0.25, -0.2) is 0 Å². The van der Waals surface area contributed by atoms with E-state index >= 15 is 0 Å². The number of nitrogens with one attached hydrogen (secondary N) is 1. The van der Waals surface area contributed by atoms with Crippen molar-refractivity contribution >= 4 is 11.8 Å². The second-order valence-electron chi connectivity index (χ2n) is 7.38. The van der Waals surface area contributed by atoms with E-state index in [-0.39, 0.29) is 11.8 Å². The highest BCUT2D eigenvalue weighted by Gasteiger charge is 2.42. The normalized spacial score (nSPS) is 19.6. The molecule has 4 heteroatoms. The summed E-state index contributed by atoms with van der Waals surface area (Å²) < 4.78 is 0. The average Bonchev–Trinajstić information content (AvgIpc) is 2.73. The molecule has 142 valence electrons. The van der Waals surface area contributed by atoms with Crippen LogP contribution in [0.15, 0.2) is 54.6 Å². The summed E-state index contributed by atoms with van der Waals surface area (Å²) in [5.74, 6) is 0.155. The van der Waals surface area contributed by atoms with Crippen LogP contribution in [0.1, 0.15) is 31.7 Å². The molecule has 1 aliphatic rings. The highest BCUT2D eigenvalue weighted by Crippen LogP contribution is 2.35. The molecule has 0 aliphatic carbocycles. The van der Waals surface area contributed by atoms with E-state index in [1.165, 1.54) is 5.56 Å². The Morgan fingerprint density at radius 3 is 2.52 bits per heavy atom. The lowest BCUT2D eigenvalue weighted by atomic mass is 9.74. The number of piperidine rings is 1. The Balaban J connectivity index is 1.89. The van der Waals surface area contributed by atoms with Gasteiger partial charge in [-0.1, -0.05) is 61.5 Å². The molecule has 2 amide bonds. The molecule has 1 saturated heterocycles. The highest BCUT2D eigenvalue weighted by molar-refractivity contribution is 5.85. The van der Waals surface area contributed by atoms with Crippen molar-refractivity contribution in [1.82, 2.24) is 10.2 Å². The molecule has 1 fully saturated rings. The third-order valence-electron chi connectivity index (χ3n) is 5.52. The van der Waals surface area contributed by atoms with Crippen LogP contribution in [0.25, 0.3) is 11.1 Å². The molecule has 1 aliphatic heterocycles. The predicted octanol–water partition coefficient (Wildman–Crippen LogP) is 3.66. The van der Waals surface area contributed by atoms with Crippen LogP contribution in [-0.4, -0.2) is 36.9 Å². The maximum Gasteiger partial charge on any atom is 0.228 e. The molecule has 2 aromatic carbocycles. The molecule has 0 saturated carbocycles. The minimum absolute atomic E-state index is 0.0289. The summed E-state index contributed by atoms with van der Waals surface area (Å²) in [7, 11) is 1.69. The van der Waals surface area contributed by atoms with E-state index in [4.69, 9.17) is 0 Å². The Labute approximate surface area is 161 Å². The first-order chi connectivity index (χ1) is 13.1. The third kappa shape index (κ3) is 4.21. The lowest BCUT2D eigenvalue weighted by Gasteiger charge is -2.41. The average molecular weight is 364 g/mol. The molecule has 1 N–H and O–H groups in total. The number of hydrogen-bond donors (Lipinski definition) is 1. The molecular formula is C23H28N2O2. The van der Waals surface area contributed by atoms with Gasteiger partial charge >= 0.3 is 0 Å². The monoisotopic (exact) mass is 364 g/mol. The maximum absolute atomic E-state index is 12.9. The Morgan fingerprint density at radius 2 is 1.81 bits per heavy atom. The second-order valence-corrected chi connectivity index (χ2v) is 7.38. The molecule has 2 aromatic rings. The van der Waals surface area contributed by atoms with Gasteiger partial charge in [0.25, 0.3) is 0 Å². The molecule has 1 heterocycles. The van der Waals surface area contributed by atoms with Gasteiger partial charge in [0.2, 0.25) is 11.8 Å². The van der Waals surface area contributed by atoms with Crippen LogP contribution >= 0.6 is 0 Å². The van der Waals surface area contributed by atoms with Crippen LogP contribution in [-0.2, 0) is 16.0 Å². The summed E-state index contributed by atoms with van der Waals surface area (Å²) in [6.07, 6.45) is 2.78. The summed E-state index contributed by atoms with van der Waals surface area (Å²) in [5, 5.41) is 2.84. The smallest absolute Gasteiger partial charge is 0.228 e. The van der Waals surface area contributed by atoms with Crippen molar-refractivity contribution < 1.29 is 9.59 Å². The summed E-state index contributed by atoms with van der Waals surface area (Å²) >= 11 is 0.